The Bertz CT molecular complexity index is 3830. The van der Waals surface area contributed by atoms with Crippen molar-refractivity contribution >= 4 is 75.2 Å². The summed E-state index contributed by atoms with van der Waals surface area (Å²) in [6, 6.07) is 31.8. The van der Waals surface area contributed by atoms with Gasteiger partial charge in [0, 0.05) is 111 Å². The maximum Gasteiger partial charge on any atom is 0.418 e. The number of carbonyl (C=O) groups is 3. The molecule has 9 N–H and O–H groups in total. The van der Waals surface area contributed by atoms with Gasteiger partial charge in [-0.1, -0.05) is 18.2 Å². The summed E-state index contributed by atoms with van der Waals surface area (Å²) in [5, 5.41) is 32.1. The molecule has 12 rings (SSSR count). The first-order valence-corrected chi connectivity index (χ1v) is 30.5. The lowest BCUT2D eigenvalue weighted by Gasteiger charge is -2.40. The van der Waals surface area contributed by atoms with Crippen molar-refractivity contribution in [3.8, 4) is 34.9 Å². The molecule has 3 saturated heterocycles. The predicted molar refractivity (Wildman–Crippen MR) is 347 cm³/mol. The molecular formula is C66H71Cl2F9N12O9. The quantitative estimate of drug-likeness (QED) is 0.0521. The average Bonchev–Trinajstić information content (AvgIpc) is 1.55. The third kappa shape index (κ3) is 17.0. The Morgan fingerprint density at radius 2 is 0.694 bits per heavy atom. The van der Waals surface area contributed by atoms with Crippen LogP contribution in [-0.4, -0.2) is 151 Å². The Labute approximate surface area is 567 Å². The molecule has 3 aliphatic heterocycles. The van der Waals surface area contributed by atoms with E-state index in [1.54, 1.807) is 160 Å². The van der Waals surface area contributed by atoms with Crippen LogP contribution in [0.4, 0.5) is 39.5 Å². The van der Waals surface area contributed by atoms with Gasteiger partial charge in [0.05, 0.1) is 36.2 Å². The number of fused-ring (bicyclic) bond motifs is 3. The zero-order valence-corrected chi connectivity index (χ0v) is 54.0. The number of rotatable bonds is 15. The van der Waals surface area contributed by atoms with Crippen LogP contribution in [0, 0.1) is 0 Å². The van der Waals surface area contributed by atoms with Gasteiger partial charge in [-0.25, -0.2) is 15.0 Å². The topological polar surface area (TPSA) is 281 Å². The number of nitrogens with two attached hydrogens (primary N) is 3. The van der Waals surface area contributed by atoms with Crippen LogP contribution < -0.4 is 31.4 Å². The Morgan fingerprint density at radius 1 is 0.429 bits per heavy atom. The van der Waals surface area contributed by atoms with Crippen molar-refractivity contribution in [2.24, 2.45) is 17.2 Å². The van der Waals surface area contributed by atoms with Crippen LogP contribution in [0.5, 0.6) is 34.9 Å². The first kappa shape index (κ1) is 75.0. The lowest BCUT2D eigenvalue weighted by Crippen LogP contribution is -2.58. The Balaban J connectivity index is 0.000000186. The van der Waals surface area contributed by atoms with Gasteiger partial charge in [0.1, 0.15) is 36.9 Å². The van der Waals surface area contributed by atoms with Crippen molar-refractivity contribution < 1.29 is 83.4 Å². The second-order valence-electron chi connectivity index (χ2n) is 23.7. The van der Waals surface area contributed by atoms with Crippen LogP contribution in [0.3, 0.4) is 0 Å². The minimum atomic E-state index is -4.78. The normalized spacial score (nSPS) is 18.9. The number of hydrogen-bond donors (Lipinski definition) is 6. The number of carbonyl (C=O) groups excluding carboxylic acids is 3. The number of piperidine rings is 3. The molecule has 32 heteroatoms. The van der Waals surface area contributed by atoms with Gasteiger partial charge >= 0.3 is 18.5 Å². The molecule has 0 radical (unpaired) electrons. The molecule has 0 saturated carbocycles. The lowest BCUT2D eigenvalue weighted by molar-refractivity contribution is -0.273. The van der Waals surface area contributed by atoms with E-state index >= 15 is 0 Å². The highest BCUT2D eigenvalue weighted by Crippen LogP contribution is 2.41. The molecule has 3 amide bonds. The molecule has 3 aromatic carbocycles. The van der Waals surface area contributed by atoms with Crippen LogP contribution in [0.15, 0.2) is 146 Å². The molecule has 0 spiro atoms. The largest absolute Gasteiger partial charge is 0.438 e. The molecule has 3 atom stereocenters. The number of halogens is 11. The van der Waals surface area contributed by atoms with Gasteiger partial charge in [0.25, 0.3) is 0 Å². The van der Waals surface area contributed by atoms with Gasteiger partial charge in [-0.3, -0.25) is 14.4 Å². The molecule has 526 valence electrons. The van der Waals surface area contributed by atoms with E-state index in [0.29, 0.717) is 71.1 Å². The second kappa shape index (κ2) is 31.0. The van der Waals surface area contributed by atoms with Crippen molar-refractivity contribution in [1.29, 1.82) is 0 Å². The SMILES string of the molecule is Cl.Cl.NCc1ccnc(Oc2cccc3c2ccn3CC(=O)N2CCCC(O)(C(F)(F)F)C2)c1.NCc1ccnc(Oc2cccc3c2ccn3CC(=O)N2CCCC(O)(C(F)(F)F)C2)c1.NCc1ccnc(Oc2cccc3c2ccn3CC(=O)N2CCCC(O)(C(F)(F)F)C2)c1. The number of pyridine rings is 3. The summed E-state index contributed by atoms with van der Waals surface area (Å²) in [6.45, 7) is -1.16. The van der Waals surface area contributed by atoms with Crippen LogP contribution in [0.25, 0.3) is 32.7 Å². The third-order valence-corrected chi connectivity index (χ3v) is 17.0. The first-order chi connectivity index (χ1) is 45.6. The molecule has 3 fully saturated rings. The Morgan fingerprint density at radius 3 is 0.939 bits per heavy atom. The van der Waals surface area contributed by atoms with Crippen molar-refractivity contribution in [3.05, 3.63) is 163 Å². The maximum atomic E-state index is 13.2. The Kier molecular flexibility index (Phi) is 23.7. The summed E-state index contributed by atoms with van der Waals surface area (Å²) in [5.41, 5.74) is 13.0. The summed E-state index contributed by atoms with van der Waals surface area (Å²) in [4.78, 5) is 54.0. The highest BCUT2D eigenvalue weighted by molar-refractivity contribution is 5.91. The van der Waals surface area contributed by atoms with Crippen LogP contribution in [0.2, 0.25) is 0 Å². The summed E-state index contributed by atoms with van der Waals surface area (Å²) in [6.07, 6.45) is -5.49. The number of aromatic nitrogens is 6. The average molecular weight is 1420 g/mol. The van der Waals surface area contributed by atoms with Gasteiger partial charge in [-0.2, -0.15) is 39.5 Å². The highest BCUT2D eigenvalue weighted by Gasteiger charge is 2.58. The fraction of sp³-hybridized carbons (Fsp3) is 0.364. The number of alkyl halides is 9. The molecule has 6 aromatic heterocycles. The molecule has 98 heavy (non-hydrogen) atoms. The first-order valence-electron chi connectivity index (χ1n) is 30.5. The van der Waals surface area contributed by atoms with Crippen LogP contribution in [-0.2, 0) is 53.7 Å². The molecule has 21 nitrogen and oxygen atoms in total. The minimum Gasteiger partial charge on any atom is -0.438 e. The van der Waals surface area contributed by atoms with Crippen LogP contribution >= 0.6 is 24.8 Å². The molecule has 9 heterocycles. The number of ether oxygens (including phenoxy) is 3. The van der Waals surface area contributed by atoms with E-state index in [-0.39, 0.29) is 83.3 Å². The minimum absolute atomic E-state index is 0. The summed E-state index contributed by atoms with van der Waals surface area (Å²) in [5.74, 6) is 1.24. The van der Waals surface area contributed by atoms with E-state index in [9.17, 15) is 69.2 Å². The predicted octanol–water partition coefficient (Wildman–Crippen LogP) is 10.5. The van der Waals surface area contributed by atoms with E-state index in [4.69, 9.17) is 31.4 Å². The van der Waals surface area contributed by atoms with E-state index in [0.717, 1.165) is 47.5 Å². The van der Waals surface area contributed by atoms with E-state index in [1.165, 1.54) is 0 Å². The summed E-state index contributed by atoms with van der Waals surface area (Å²) in [7, 11) is 0. The number of benzene rings is 3. The molecule has 3 unspecified atom stereocenters. The number of aliphatic hydroxyl groups is 3. The zero-order chi connectivity index (χ0) is 68.8. The summed E-state index contributed by atoms with van der Waals surface area (Å²) >= 11 is 0. The van der Waals surface area contributed by atoms with Crippen molar-refractivity contribution in [1.82, 2.24) is 43.4 Å². The number of β-amino-alcohol motifs (C(OH)–C–C–N with tert-alkyl or cyclic N) is 3. The molecule has 3 aliphatic rings. The maximum absolute atomic E-state index is 13.2. The number of amides is 3. The standard InChI is InChI=1S/3C22H23F3N4O3.2ClH/c3*23-22(24,25)21(31)7-2-9-29(14-21)20(30)13-28-10-6-16-17(28)3-1-4-18(16)32-19-11-15(12-26)5-8-27-19;;/h3*1,3-6,8,10-11,31H,2,7,9,12-14,26H2;2*1H. The fourth-order valence-electron chi connectivity index (χ4n) is 11.7. The van der Waals surface area contributed by atoms with Gasteiger partial charge in [0.15, 0.2) is 16.8 Å². The second-order valence-corrected chi connectivity index (χ2v) is 23.7. The van der Waals surface area contributed by atoms with Crippen LogP contribution in [0.1, 0.15) is 55.2 Å². The molecule has 9 aromatic rings. The van der Waals surface area contributed by atoms with E-state index in [2.05, 4.69) is 15.0 Å². The highest BCUT2D eigenvalue weighted by atomic mass is 35.5. The fourth-order valence-corrected chi connectivity index (χ4v) is 11.7. The third-order valence-electron chi connectivity index (χ3n) is 17.0. The van der Waals surface area contributed by atoms with Crippen molar-refractivity contribution in [3.63, 3.8) is 0 Å². The molecule has 0 bridgehead atoms. The lowest BCUT2D eigenvalue weighted by atomic mass is 9.92. The van der Waals surface area contributed by atoms with Gasteiger partial charge < -0.3 is 75.1 Å². The number of hydrogen-bond acceptors (Lipinski definition) is 15. The molecule has 0 aliphatic carbocycles. The summed E-state index contributed by atoms with van der Waals surface area (Å²) < 4.78 is 141. The Hall–Kier alpha value is -8.75. The monoisotopic (exact) mass is 1420 g/mol. The van der Waals surface area contributed by atoms with E-state index < -0.39 is 92.0 Å². The van der Waals surface area contributed by atoms with Gasteiger partial charge in [-0.05, 0) is 128 Å². The number of nitrogens with zero attached hydrogens (tertiary/aromatic N) is 9. The van der Waals surface area contributed by atoms with E-state index in [1.807, 2.05) is 0 Å². The van der Waals surface area contributed by atoms with Crippen molar-refractivity contribution in [2.75, 3.05) is 39.3 Å². The number of likely N-dealkylation sites (tertiary alicyclic amines) is 3. The smallest absolute Gasteiger partial charge is 0.418 e. The molecular weight excluding hydrogens is 1350 g/mol. The van der Waals surface area contributed by atoms with Gasteiger partial charge in [-0.15, -0.1) is 24.8 Å². The zero-order valence-electron chi connectivity index (χ0n) is 52.4. The van der Waals surface area contributed by atoms with Crippen molar-refractivity contribution in [2.45, 2.75) is 113 Å². The van der Waals surface area contributed by atoms with Gasteiger partial charge in [0.2, 0.25) is 35.4 Å².